The van der Waals surface area contributed by atoms with E-state index >= 15 is 0 Å². The van der Waals surface area contributed by atoms with Gasteiger partial charge >= 0.3 is 0 Å². The van der Waals surface area contributed by atoms with Gasteiger partial charge in [0, 0.05) is 24.5 Å². The number of fused-ring (bicyclic) bond motifs is 1. The van der Waals surface area contributed by atoms with Gasteiger partial charge in [0.15, 0.2) is 0 Å². The van der Waals surface area contributed by atoms with E-state index in [2.05, 4.69) is 10.1 Å². The quantitative estimate of drug-likeness (QED) is 0.793. The van der Waals surface area contributed by atoms with Gasteiger partial charge in [0.05, 0.1) is 16.9 Å². The fourth-order valence-electron chi connectivity index (χ4n) is 2.48. The second-order valence-corrected chi connectivity index (χ2v) is 5.01. The molecule has 2 aromatic heterocycles. The molecule has 0 aliphatic rings. The minimum absolute atomic E-state index is 0.470. The van der Waals surface area contributed by atoms with Crippen LogP contribution in [0.2, 0.25) is 0 Å². The van der Waals surface area contributed by atoms with E-state index in [1.54, 1.807) is 0 Å². The number of aromatic nitrogens is 3. The zero-order chi connectivity index (χ0) is 14.1. The molecular formula is C16H17N3O. The van der Waals surface area contributed by atoms with Gasteiger partial charge in [-0.25, -0.2) is 0 Å². The second-order valence-electron chi connectivity index (χ2n) is 5.01. The number of aliphatic hydroxyl groups is 1. The number of para-hydroxylation sites is 1. The molecule has 20 heavy (non-hydrogen) atoms. The third-order valence-corrected chi connectivity index (χ3v) is 3.47. The van der Waals surface area contributed by atoms with Crippen molar-refractivity contribution in [3.63, 3.8) is 0 Å². The minimum Gasteiger partial charge on any atom is -0.386 e. The molecule has 0 radical (unpaired) electrons. The molecule has 0 amide bonds. The fourth-order valence-corrected chi connectivity index (χ4v) is 2.48. The first-order valence-electron chi connectivity index (χ1n) is 6.67. The lowest BCUT2D eigenvalue weighted by atomic mass is 10.1. The molecule has 0 fully saturated rings. The van der Waals surface area contributed by atoms with Gasteiger partial charge in [-0.1, -0.05) is 24.3 Å². The topological polar surface area (TPSA) is 50.9 Å². The summed E-state index contributed by atoms with van der Waals surface area (Å²) in [6.45, 7) is 1.92. The maximum atomic E-state index is 10.4. The highest BCUT2D eigenvalue weighted by molar-refractivity contribution is 5.81. The van der Waals surface area contributed by atoms with Crippen LogP contribution in [0.5, 0.6) is 0 Å². The maximum Gasteiger partial charge on any atom is 0.102 e. The fraction of sp³-hybridized carbons (Fsp3) is 0.250. The van der Waals surface area contributed by atoms with Crippen LogP contribution in [-0.4, -0.2) is 19.9 Å². The van der Waals surface area contributed by atoms with Gasteiger partial charge in [-0.05, 0) is 25.1 Å². The van der Waals surface area contributed by atoms with Crippen LogP contribution in [0, 0.1) is 6.92 Å². The molecule has 1 unspecified atom stereocenters. The van der Waals surface area contributed by atoms with Gasteiger partial charge in [0.2, 0.25) is 0 Å². The Balaban J connectivity index is 1.93. The van der Waals surface area contributed by atoms with Crippen LogP contribution < -0.4 is 0 Å². The van der Waals surface area contributed by atoms with Crippen LogP contribution in [0.4, 0.5) is 0 Å². The number of hydrogen-bond donors (Lipinski definition) is 1. The normalized spacial score (nSPS) is 12.8. The standard InChI is InChI=1S/C16H17N3O/c1-11-6-5-8-13(17-11)16(20)10-14-12-7-3-4-9-15(12)19(2)18-14/h3-9,16,20H,10H2,1-2H3. The van der Waals surface area contributed by atoms with E-state index in [4.69, 9.17) is 0 Å². The first-order chi connectivity index (χ1) is 9.65. The highest BCUT2D eigenvalue weighted by Crippen LogP contribution is 2.23. The number of pyridine rings is 1. The van der Waals surface area contributed by atoms with Crippen molar-refractivity contribution < 1.29 is 5.11 Å². The van der Waals surface area contributed by atoms with E-state index in [1.165, 1.54) is 0 Å². The van der Waals surface area contributed by atoms with E-state index in [9.17, 15) is 5.11 Å². The summed E-state index contributed by atoms with van der Waals surface area (Å²) in [4.78, 5) is 4.37. The van der Waals surface area contributed by atoms with Crippen molar-refractivity contribution in [2.24, 2.45) is 7.05 Å². The van der Waals surface area contributed by atoms with Gasteiger partial charge < -0.3 is 5.11 Å². The summed E-state index contributed by atoms with van der Waals surface area (Å²) in [5.74, 6) is 0. The van der Waals surface area contributed by atoms with Crippen LogP contribution in [0.15, 0.2) is 42.5 Å². The van der Waals surface area contributed by atoms with E-state index in [1.807, 2.05) is 61.1 Å². The summed E-state index contributed by atoms with van der Waals surface area (Å²) in [6.07, 6.45) is -0.161. The van der Waals surface area contributed by atoms with Crippen LogP contribution in [0.1, 0.15) is 23.2 Å². The second kappa shape index (κ2) is 5.06. The number of nitrogens with zero attached hydrogens (tertiary/aromatic N) is 3. The molecule has 4 nitrogen and oxygen atoms in total. The lowest BCUT2D eigenvalue weighted by molar-refractivity contribution is 0.172. The number of hydrogen-bond acceptors (Lipinski definition) is 3. The lowest BCUT2D eigenvalue weighted by Gasteiger charge is -2.09. The number of rotatable bonds is 3. The van der Waals surface area contributed by atoms with Crippen molar-refractivity contribution in [2.75, 3.05) is 0 Å². The lowest BCUT2D eigenvalue weighted by Crippen LogP contribution is -2.06. The first-order valence-corrected chi connectivity index (χ1v) is 6.67. The summed E-state index contributed by atoms with van der Waals surface area (Å²) >= 11 is 0. The Kier molecular flexibility index (Phi) is 3.24. The van der Waals surface area contributed by atoms with Crippen molar-refractivity contribution in [1.82, 2.24) is 14.8 Å². The Bertz CT molecular complexity index is 748. The molecule has 102 valence electrons. The monoisotopic (exact) mass is 267 g/mol. The first kappa shape index (κ1) is 12.8. The van der Waals surface area contributed by atoms with E-state index < -0.39 is 6.10 Å². The average molecular weight is 267 g/mol. The highest BCUT2D eigenvalue weighted by Gasteiger charge is 2.15. The van der Waals surface area contributed by atoms with Crippen molar-refractivity contribution in [3.8, 4) is 0 Å². The molecule has 4 heteroatoms. The Morgan fingerprint density at radius 3 is 2.75 bits per heavy atom. The average Bonchev–Trinajstić information content (AvgIpc) is 2.76. The molecule has 0 bridgehead atoms. The molecule has 0 aliphatic carbocycles. The zero-order valence-electron chi connectivity index (χ0n) is 11.6. The summed E-state index contributed by atoms with van der Waals surface area (Å²) in [5.41, 5.74) is 3.58. The molecule has 0 saturated heterocycles. The van der Waals surface area contributed by atoms with Crippen molar-refractivity contribution in [3.05, 3.63) is 59.5 Å². The number of aryl methyl sites for hydroxylation is 2. The number of benzene rings is 1. The minimum atomic E-state index is -0.631. The molecule has 0 aliphatic heterocycles. The maximum absolute atomic E-state index is 10.4. The molecule has 0 saturated carbocycles. The summed E-state index contributed by atoms with van der Waals surface area (Å²) in [5, 5.41) is 15.9. The molecule has 1 atom stereocenters. The molecule has 2 heterocycles. The van der Waals surface area contributed by atoms with Gasteiger partial charge in [-0.2, -0.15) is 5.10 Å². The molecule has 3 aromatic rings. The summed E-state index contributed by atoms with van der Waals surface area (Å²) < 4.78 is 1.85. The largest absolute Gasteiger partial charge is 0.386 e. The zero-order valence-corrected chi connectivity index (χ0v) is 11.6. The number of aliphatic hydroxyl groups excluding tert-OH is 1. The van der Waals surface area contributed by atoms with Crippen LogP contribution in [0.25, 0.3) is 10.9 Å². The molecule has 1 aromatic carbocycles. The predicted octanol–water partition coefficient (Wildman–Crippen LogP) is 2.55. The smallest absolute Gasteiger partial charge is 0.102 e. The third-order valence-electron chi connectivity index (χ3n) is 3.47. The van der Waals surface area contributed by atoms with Crippen LogP contribution >= 0.6 is 0 Å². The van der Waals surface area contributed by atoms with Gasteiger partial charge in [-0.3, -0.25) is 9.67 Å². The summed E-state index contributed by atoms with van der Waals surface area (Å²) in [6, 6.07) is 13.7. The SMILES string of the molecule is Cc1cccc(C(O)Cc2nn(C)c3ccccc23)n1. The Morgan fingerprint density at radius 2 is 1.95 bits per heavy atom. The Hall–Kier alpha value is -2.20. The van der Waals surface area contributed by atoms with Gasteiger partial charge in [0.25, 0.3) is 0 Å². The Labute approximate surface area is 117 Å². The van der Waals surface area contributed by atoms with Crippen LogP contribution in [-0.2, 0) is 13.5 Å². The molecule has 1 N–H and O–H groups in total. The predicted molar refractivity (Wildman–Crippen MR) is 78.4 cm³/mol. The van der Waals surface area contributed by atoms with Crippen molar-refractivity contribution >= 4 is 10.9 Å². The van der Waals surface area contributed by atoms with Crippen molar-refractivity contribution in [1.29, 1.82) is 0 Å². The third kappa shape index (κ3) is 2.30. The van der Waals surface area contributed by atoms with E-state index in [0.717, 1.165) is 22.3 Å². The molecule has 0 spiro atoms. The van der Waals surface area contributed by atoms with Gasteiger partial charge in [0.1, 0.15) is 6.10 Å². The summed E-state index contributed by atoms with van der Waals surface area (Å²) in [7, 11) is 1.92. The Morgan fingerprint density at radius 1 is 1.15 bits per heavy atom. The van der Waals surface area contributed by atoms with E-state index in [-0.39, 0.29) is 0 Å². The van der Waals surface area contributed by atoms with E-state index in [0.29, 0.717) is 12.1 Å². The molecule has 3 rings (SSSR count). The van der Waals surface area contributed by atoms with Gasteiger partial charge in [-0.15, -0.1) is 0 Å². The van der Waals surface area contributed by atoms with Crippen LogP contribution in [0.3, 0.4) is 0 Å². The highest BCUT2D eigenvalue weighted by atomic mass is 16.3. The molecular weight excluding hydrogens is 250 g/mol. The van der Waals surface area contributed by atoms with Crippen molar-refractivity contribution in [2.45, 2.75) is 19.4 Å².